The normalized spacial score (nSPS) is 19.8. The van der Waals surface area contributed by atoms with E-state index in [9.17, 15) is 22.8 Å². The number of fused-ring (bicyclic) bond motifs is 1. The van der Waals surface area contributed by atoms with Crippen LogP contribution >= 0.6 is 0 Å². The predicted molar refractivity (Wildman–Crippen MR) is 158 cm³/mol. The number of piperazine rings is 1. The molecule has 2 aliphatic heterocycles. The number of hydrogen-bond acceptors (Lipinski definition) is 3. The van der Waals surface area contributed by atoms with Crippen molar-refractivity contribution in [1.82, 2.24) is 14.7 Å². The lowest BCUT2D eigenvalue weighted by Crippen LogP contribution is -2.58. The standard InChI is InChI=1S/C33H39F3N4O2/c1-22(2)29-21-39(18-19-40(29)30(41)20-23-14-16-38(17-15-23)32(37)42)31(25-10-12-26(13-11-25)33(34,35)36)28-9-5-7-24-6-3-4-8-27(24)28/h3-13,22-23,29,31H,14-21H2,1-2H3,(H2,37,42)/t29-,31?/m1/s1. The summed E-state index contributed by atoms with van der Waals surface area (Å²) in [5.41, 5.74) is 6.58. The molecular weight excluding hydrogens is 541 g/mol. The molecule has 3 amide bonds. The first kappa shape index (κ1) is 29.9. The number of nitrogens with zero attached hydrogens (tertiary/aromatic N) is 3. The van der Waals surface area contributed by atoms with Gasteiger partial charge in [0.1, 0.15) is 0 Å². The number of benzene rings is 3. The van der Waals surface area contributed by atoms with Crippen molar-refractivity contribution >= 4 is 22.7 Å². The summed E-state index contributed by atoms with van der Waals surface area (Å²) in [4.78, 5) is 31.1. The number of alkyl halides is 3. The van der Waals surface area contributed by atoms with Crippen molar-refractivity contribution in [1.29, 1.82) is 0 Å². The zero-order valence-corrected chi connectivity index (χ0v) is 24.2. The topological polar surface area (TPSA) is 69.9 Å². The second-order valence-electron chi connectivity index (χ2n) is 12.0. The van der Waals surface area contributed by atoms with Crippen molar-refractivity contribution in [3.05, 3.63) is 83.4 Å². The van der Waals surface area contributed by atoms with Gasteiger partial charge >= 0.3 is 12.2 Å². The van der Waals surface area contributed by atoms with Gasteiger partial charge in [-0.15, -0.1) is 0 Å². The monoisotopic (exact) mass is 580 g/mol. The molecule has 3 aromatic rings. The summed E-state index contributed by atoms with van der Waals surface area (Å²) in [5.74, 6) is 0.533. The van der Waals surface area contributed by atoms with Gasteiger partial charge in [-0.1, -0.05) is 68.4 Å². The first-order valence-electron chi connectivity index (χ1n) is 14.8. The van der Waals surface area contributed by atoms with E-state index in [-0.39, 0.29) is 29.8 Å². The molecule has 2 fully saturated rings. The minimum atomic E-state index is -4.40. The molecule has 1 unspecified atom stereocenters. The quantitative estimate of drug-likeness (QED) is 0.372. The molecule has 9 heteroatoms. The first-order valence-corrected chi connectivity index (χ1v) is 14.8. The summed E-state index contributed by atoms with van der Waals surface area (Å²) in [6, 6.07) is 19.0. The molecular formula is C33H39F3N4O2. The molecule has 2 saturated heterocycles. The van der Waals surface area contributed by atoms with Crippen LogP contribution in [-0.4, -0.2) is 65.4 Å². The largest absolute Gasteiger partial charge is 0.416 e. The van der Waals surface area contributed by atoms with Gasteiger partial charge in [-0.3, -0.25) is 9.69 Å². The van der Waals surface area contributed by atoms with Gasteiger partial charge in [-0.2, -0.15) is 13.2 Å². The molecule has 2 aliphatic rings. The Balaban J connectivity index is 1.41. The molecule has 2 atom stereocenters. The summed E-state index contributed by atoms with van der Waals surface area (Å²) in [6.45, 7) is 7.14. The van der Waals surface area contributed by atoms with Crippen molar-refractivity contribution < 1.29 is 22.8 Å². The van der Waals surface area contributed by atoms with Crippen molar-refractivity contribution in [2.75, 3.05) is 32.7 Å². The van der Waals surface area contributed by atoms with Gasteiger partial charge in [-0.05, 0) is 58.7 Å². The van der Waals surface area contributed by atoms with Crippen LogP contribution in [0.25, 0.3) is 10.8 Å². The first-order chi connectivity index (χ1) is 20.0. The summed E-state index contributed by atoms with van der Waals surface area (Å²) in [6.07, 6.45) is -2.43. The Labute approximate surface area is 245 Å². The SMILES string of the molecule is CC(C)[C@H]1CN(C(c2ccc(C(F)(F)F)cc2)c2cccc3ccccc23)CCN1C(=O)CC1CCN(C(N)=O)CC1. The third kappa shape index (κ3) is 6.41. The van der Waals surface area contributed by atoms with Crippen LogP contribution in [0.15, 0.2) is 66.7 Å². The number of nitrogens with two attached hydrogens (primary N) is 1. The number of primary amides is 1. The smallest absolute Gasteiger partial charge is 0.351 e. The fourth-order valence-electron chi connectivity index (χ4n) is 6.60. The molecule has 6 nitrogen and oxygen atoms in total. The Kier molecular flexibility index (Phi) is 8.78. The Bertz CT molecular complexity index is 1400. The number of likely N-dealkylation sites (tertiary alicyclic amines) is 1. The summed E-state index contributed by atoms with van der Waals surface area (Å²) in [7, 11) is 0. The van der Waals surface area contributed by atoms with Gasteiger partial charge < -0.3 is 15.5 Å². The summed E-state index contributed by atoms with van der Waals surface area (Å²) in [5, 5.41) is 2.13. The number of carbonyl (C=O) groups is 2. The minimum absolute atomic E-state index is 0.0381. The lowest BCUT2D eigenvalue weighted by Gasteiger charge is -2.47. The van der Waals surface area contributed by atoms with Crippen molar-refractivity contribution in [3.63, 3.8) is 0 Å². The van der Waals surface area contributed by atoms with Crippen LogP contribution < -0.4 is 5.73 Å². The number of halogens is 3. The maximum absolute atomic E-state index is 13.6. The highest BCUT2D eigenvalue weighted by molar-refractivity contribution is 5.86. The molecule has 0 spiro atoms. The van der Waals surface area contributed by atoms with Gasteiger partial charge in [0.25, 0.3) is 0 Å². The summed E-state index contributed by atoms with van der Waals surface area (Å²) < 4.78 is 40.3. The average molecular weight is 581 g/mol. The molecule has 2 heterocycles. The Morgan fingerprint density at radius 3 is 2.21 bits per heavy atom. The van der Waals surface area contributed by atoms with E-state index in [1.807, 2.05) is 35.2 Å². The number of piperidine rings is 1. The molecule has 0 saturated carbocycles. The fraction of sp³-hybridized carbons (Fsp3) is 0.455. The van der Waals surface area contributed by atoms with Crippen LogP contribution in [-0.2, 0) is 11.0 Å². The lowest BCUT2D eigenvalue weighted by molar-refractivity contribution is -0.139. The minimum Gasteiger partial charge on any atom is -0.351 e. The van der Waals surface area contributed by atoms with Crippen LogP contribution in [0.3, 0.4) is 0 Å². The molecule has 0 aromatic heterocycles. The lowest BCUT2D eigenvalue weighted by atomic mass is 9.89. The Hall–Kier alpha value is -3.59. The van der Waals surface area contributed by atoms with Crippen LogP contribution in [0.2, 0.25) is 0 Å². The molecule has 0 aliphatic carbocycles. The van der Waals surface area contributed by atoms with E-state index in [4.69, 9.17) is 5.73 Å². The van der Waals surface area contributed by atoms with Gasteiger partial charge in [-0.25, -0.2) is 4.79 Å². The van der Waals surface area contributed by atoms with E-state index in [1.54, 1.807) is 17.0 Å². The molecule has 0 radical (unpaired) electrons. The summed E-state index contributed by atoms with van der Waals surface area (Å²) >= 11 is 0. The molecule has 0 bridgehead atoms. The van der Waals surface area contributed by atoms with Crippen LogP contribution in [0.5, 0.6) is 0 Å². The molecule has 3 aromatic carbocycles. The Morgan fingerprint density at radius 1 is 0.905 bits per heavy atom. The van der Waals surface area contributed by atoms with Crippen molar-refractivity contribution in [3.8, 4) is 0 Å². The van der Waals surface area contributed by atoms with Gasteiger partial charge in [0, 0.05) is 45.2 Å². The maximum Gasteiger partial charge on any atom is 0.416 e. The van der Waals surface area contributed by atoms with Gasteiger partial charge in [0.05, 0.1) is 11.6 Å². The van der Waals surface area contributed by atoms with Gasteiger partial charge in [0.15, 0.2) is 0 Å². The number of hydrogen-bond donors (Lipinski definition) is 1. The average Bonchev–Trinajstić information content (AvgIpc) is 2.97. The highest BCUT2D eigenvalue weighted by Crippen LogP contribution is 2.38. The van der Waals surface area contributed by atoms with Crippen LogP contribution in [0.4, 0.5) is 18.0 Å². The molecule has 2 N–H and O–H groups in total. The number of carbonyl (C=O) groups excluding carboxylic acids is 2. The molecule has 42 heavy (non-hydrogen) atoms. The molecule has 5 rings (SSSR count). The highest BCUT2D eigenvalue weighted by Gasteiger charge is 2.38. The third-order valence-electron chi connectivity index (χ3n) is 8.97. The molecule has 224 valence electrons. The van der Waals surface area contributed by atoms with E-state index in [0.29, 0.717) is 39.1 Å². The van der Waals surface area contributed by atoms with Crippen LogP contribution in [0, 0.1) is 11.8 Å². The number of amides is 3. The fourth-order valence-corrected chi connectivity index (χ4v) is 6.60. The highest BCUT2D eigenvalue weighted by atomic mass is 19.4. The number of rotatable bonds is 6. The van der Waals surface area contributed by atoms with E-state index in [0.717, 1.165) is 46.9 Å². The van der Waals surface area contributed by atoms with Crippen molar-refractivity contribution in [2.45, 2.75) is 51.4 Å². The third-order valence-corrected chi connectivity index (χ3v) is 8.97. The predicted octanol–water partition coefficient (Wildman–Crippen LogP) is 6.30. The van der Waals surface area contributed by atoms with E-state index < -0.39 is 17.8 Å². The maximum atomic E-state index is 13.6. The zero-order valence-electron chi connectivity index (χ0n) is 24.2. The second-order valence-corrected chi connectivity index (χ2v) is 12.0. The van der Waals surface area contributed by atoms with Crippen molar-refractivity contribution in [2.24, 2.45) is 17.6 Å². The second kappa shape index (κ2) is 12.3. The Morgan fingerprint density at radius 2 is 1.57 bits per heavy atom. The van der Waals surface area contributed by atoms with Crippen LogP contribution in [0.1, 0.15) is 55.8 Å². The van der Waals surface area contributed by atoms with Gasteiger partial charge in [0.2, 0.25) is 5.91 Å². The number of urea groups is 1. The van der Waals surface area contributed by atoms with E-state index in [1.165, 1.54) is 0 Å². The zero-order chi connectivity index (χ0) is 30.0. The van der Waals surface area contributed by atoms with E-state index >= 15 is 0 Å². The van der Waals surface area contributed by atoms with E-state index in [2.05, 4.69) is 30.9 Å².